The third-order valence-corrected chi connectivity index (χ3v) is 2.68. The van der Waals surface area contributed by atoms with Crippen LogP contribution in [0.5, 0.6) is 0 Å². The summed E-state index contributed by atoms with van der Waals surface area (Å²) >= 11 is 5.81. The molecule has 5 nitrogen and oxygen atoms in total. The summed E-state index contributed by atoms with van der Waals surface area (Å²) in [5.41, 5.74) is 3.78. The summed E-state index contributed by atoms with van der Waals surface area (Å²) in [7, 11) is 0. The number of nitrogens with zero attached hydrogens (tertiary/aromatic N) is 1. The third-order valence-electron chi connectivity index (χ3n) is 2.43. The Morgan fingerprint density at radius 2 is 1.80 bits per heavy atom. The van der Waals surface area contributed by atoms with Crippen LogP contribution < -0.4 is 10.7 Å². The Kier molecular flexibility index (Phi) is 6.18. The van der Waals surface area contributed by atoms with E-state index in [1.165, 1.54) is 0 Å². The zero-order valence-corrected chi connectivity index (χ0v) is 12.5. The summed E-state index contributed by atoms with van der Waals surface area (Å²) in [5.74, 6) is -1.48. The molecule has 0 unspecified atom stereocenters. The average molecular weight is 296 g/mol. The van der Waals surface area contributed by atoms with Crippen LogP contribution in [0, 0.1) is 0 Å². The minimum Gasteiger partial charge on any atom is -0.346 e. The molecule has 1 aromatic carbocycles. The lowest BCUT2D eigenvalue weighted by atomic mass is 10.1. The van der Waals surface area contributed by atoms with Gasteiger partial charge in [-0.3, -0.25) is 9.59 Å². The molecule has 2 N–H and O–H groups in total. The SMILES string of the molecule is CC/C(=N/NC(=O)C(=O)NC(C)C)c1ccc(Cl)cc1. The molecule has 20 heavy (non-hydrogen) atoms. The van der Waals surface area contributed by atoms with Crippen LogP contribution in [0.2, 0.25) is 5.02 Å². The summed E-state index contributed by atoms with van der Waals surface area (Å²) in [6.07, 6.45) is 0.619. The summed E-state index contributed by atoms with van der Waals surface area (Å²) in [5, 5.41) is 7.11. The standard InChI is InChI=1S/C14H18ClN3O2/c1-4-12(10-5-7-11(15)8-6-10)17-18-14(20)13(19)16-9(2)3/h5-9H,4H2,1-3H3,(H,16,19)(H,18,20)/b17-12-. The second-order valence-electron chi connectivity index (χ2n) is 4.49. The highest BCUT2D eigenvalue weighted by Gasteiger charge is 2.13. The van der Waals surface area contributed by atoms with Gasteiger partial charge >= 0.3 is 11.8 Å². The molecule has 0 atom stereocenters. The molecule has 108 valence electrons. The lowest BCUT2D eigenvalue weighted by Gasteiger charge is -2.08. The Hall–Kier alpha value is -1.88. The van der Waals surface area contributed by atoms with Gasteiger partial charge in [-0.25, -0.2) is 5.43 Å². The van der Waals surface area contributed by atoms with Crippen molar-refractivity contribution in [2.45, 2.75) is 33.2 Å². The molecule has 1 aromatic rings. The molecular formula is C14H18ClN3O2. The molecule has 0 aromatic heterocycles. The van der Waals surface area contributed by atoms with E-state index in [0.29, 0.717) is 17.2 Å². The average Bonchev–Trinajstić information content (AvgIpc) is 2.40. The summed E-state index contributed by atoms with van der Waals surface area (Å²) in [4.78, 5) is 23.0. The molecule has 1 rings (SSSR count). The Morgan fingerprint density at radius 1 is 1.20 bits per heavy atom. The molecule has 6 heteroatoms. The number of hydrogen-bond donors (Lipinski definition) is 2. The summed E-state index contributed by atoms with van der Waals surface area (Å²) in [6.45, 7) is 5.47. The topological polar surface area (TPSA) is 70.6 Å². The minimum absolute atomic E-state index is 0.0980. The summed E-state index contributed by atoms with van der Waals surface area (Å²) in [6, 6.07) is 7.01. The van der Waals surface area contributed by atoms with E-state index in [0.717, 1.165) is 5.56 Å². The number of carbonyl (C=O) groups excluding carboxylic acids is 2. The van der Waals surface area contributed by atoms with Crippen LogP contribution in [-0.4, -0.2) is 23.6 Å². The lowest BCUT2D eigenvalue weighted by molar-refractivity contribution is -0.139. The van der Waals surface area contributed by atoms with Crippen molar-refractivity contribution in [3.8, 4) is 0 Å². The predicted octanol–water partition coefficient (Wildman–Crippen LogP) is 2.09. The Balaban J connectivity index is 2.73. The van der Waals surface area contributed by atoms with E-state index in [1.54, 1.807) is 26.0 Å². The number of carbonyl (C=O) groups is 2. The number of halogens is 1. The molecule has 2 amide bonds. The van der Waals surface area contributed by atoms with Crippen molar-refractivity contribution in [3.63, 3.8) is 0 Å². The van der Waals surface area contributed by atoms with Crippen molar-refractivity contribution in [2.24, 2.45) is 5.10 Å². The van der Waals surface area contributed by atoms with E-state index in [-0.39, 0.29) is 6.04 Å². The molecule has 0 spiro atoms. The molecule has 0 bridgehead atoms. The van der Waals surface area contributed by atoms with Gasteiger partial charge < -0.3 is 5.32 Å². The number of benzene rings is 1. The molecule has 0 saturated carbocycles. The van der Waals surface area contributed by atoms with Gasteiger partial charge in [0.15, 0.2) is 0 Å². The summed E-state index contributed by atoms with van der Waals surface area (Å²) < 4.78 is 0. The van der Waals surface area contributed by atoms with Crippen LogP contribution in [0.15, 0.2) is 29.4 Å². The van der Waals surface area contributed by atoms with E-state index in [4.69, 9.17) is 11.6 Å². The highest BCUT2D eigenvalue weighted by Crippen LogP contribution is 2.11. The highest BCUT2D eigenvalue weighted by molar-refractivity contribution is 6.35. The second-order valence-corrected chi connectivity index (χ2v) is 4.92. The third kappa shape index (κ3) is 5.01. The van der Waals surface area contributed by atoms with Gasteiger partial charge in [-0.15, -0.1) is 0 Å². The van der Waals surface area contributed by atoms with Crippen LogP contribution in [0.3, 0.4) is 0 Å². The maximum absolute atomic E-state index is 11.5. The van der Waals surface area contributed by atoms with Crippen LogP contribution in [-0.2, 0) is 9.59 Å². The van der Waals surface area contributed by atoms with Crippen molar-refractivity contribution < 1.29 is 9.59 Å². The van der Waals surface area contributed by atoms with E-state index in [2.05, 4.69) is 15.8 Å². The number of amides is 2. The molecule has 0 aliphatic heterocycles. The first-order valence-corrected chi connectivity index (χ1v) is 6.75. The predicted molar refractivity (Wildman–Crippen MR) is 79.7 cm³/mol. The van der Waals surface area contributed by atoms with Gasteiger partial charge in [-0.2, -0.15) is 5.10 Å². The van der Waals surface area contributed by atoms with Gasteiger partial charge in [0.1, 0.15) is 0 Å². The van der Waals surface area contributed by atoms with Crippen molar-refractivity contribution in [3.05, 3.63) is 34.9 Å². The fourth-order valence-electron chi connectivity index (χ4n) is 1.49. The van der Waals surface area contributed by atoms with Gasteiger partial charge in [-0.05, 0) is 38.0 Å². The van der Waals surface area contributed by atoms with Crippen molar-refractivity contribution >= 4 is 29.1 Å². The fraction of sp³-hybridized carbons (Fsp3) is 0.357. The van der Waals surface area contributed by atoms with Gasteiger partial charge in [0, 0.05) is 11.1 Å². The zero-order chi connectivity index (χ0) is 15.1. The van der Waals surface area contributed by atoms with Gasteiger partial charge in [0.25, 0.3) is 0 Å². The first-order valence-electron chi connectivity index (χ1n) is 6.37. The highest BCUT2D eigenvalue weighted by atomic mass is 35.5. The van der Waals surface area contributed by atoms with Gasteiger partial charge in [0.05, 0.1) is 5.71 Å². The first-order chi connectivity index (χ1) is 9.43. The Morgan fingerprint density at radius 3 is 2.30 bits per heavy atom. The fourth-order valence-corrected chi connectivity index (χ4v) is 1.61. The molecule has 0 saturated heterocycles. The smallest absolute Gasteiger partial charge is 0.329 e. The number of hydrazone groups is 1. The van der Waals surface area contributed by atoms with Gasteiger partial charge in [-0.1, -0.05) is 30.7 Å². The Bertz CT molecular complexity index is 510. The largest absolute Gasteiger partial charge is 0.346 e. The molecule has 0 heterocycles. The molecular weight excluding hydrogens is 278 g/mol. The quantitative estimate of drug-likeness (QED) is 0.507. The maximum atomic E-state index is 11.5. The number of nitrogens with one attached hydrogen (secondary N) is 2. The molecule has 0 fully saturated rings. The number of rotatable bonds is 4. The second kappa shape index (κ2) is 7.65. The molecule has 0 radical (unpaired) electrons. The van der Waals surface area contributed by atoms with E-state index < -0.39 is 11.8 Å². The molecule has 0 aliphatic rings. The van der Waals surface area contributed by atoms with E-state index in [1.807, 2.05) is 19.1 Å². The van der Waals surface area contributed by atoms with E-state index >= 15 is 0 Å². The monoisotopic (exact) mass is 295 g/mol. The van der Waals surface area contributed by atoms with Crippen LogP contribution in [0.4, 0.5) is 0 Å². The van der Waals surface area contributed by atoms with Gasteiger partial charge in [0.2, 0.25) is 0 Å². The van der Waals surface area contributed by atoms with E-state index in [9.17, 15) is 9.59 Å². The lowest BCUT2D eigenvalue weighted by Crippen LogP contribution is -2.41. The van der Waals surface area contributed by atoms with Crippen molar-refractivity contribution in [1.29, 1.82) is 0 Å². The normalized spacial score (nSPS) is 11.3. The van der Waals surface area contributed by atoms with Crippen LogP contribution in [0.1, 0.15) is 32.8 Å². The van der Waals surface area contributed by atoms with Crippen molar-refractivity contribution in [1.82, 2.24) is 10.7 Å². The first kappa shape index (κ1) is 16.2. The number of hydrogen-bond acceptors (Lipinski definition) is 3. The zero-order valence-electron chi connectivity index (χ0n) is 11.7. The van der Waals surface area contributed by atoms with Crippen LogP contribution >= 0.6 is 11.6 Å². The van der Waals surface area contributed by atoms with Crippen molar-refractivity contribution in [2.75, 3.05) is 0 Å². The Labute approximate surface area is 123 Å². The van der Waals surface area contributed by atoms with Crippen LogP contribution in [0.25, 0.3) is 0 Å². The molecule has 0 aliphatic carbocycles. The maximum Gasteiger partial charge on any atom is 0.329 e. The minimum atomic E-state index is -0.779.